The molecule has 0 amide bonds. The van der Waals surface area contributed by atoms with Crippen molar-refractivity contribution in [2.75, 3.05) is 11.9 Å². The number of nitriles is 1. The second-order valence-electron chi connectivity index (χ2n) is 4.52. The predicted octanol–water partition coefficient (Wildman–Crippen LogP) is 3.40. The highest BCUT2D eigenvalue weighted by Crippen LogP contribution is 2.26. The lowest BCUT2D eigenvalue weighted by Gasteiger charge is -2.13. The van der Waals surface area contributed by atoms with Crippen LogP contribution < -0.4 is 5.32 Å². The molecule has 0 bridgehead atoms. The van der Waals surface area contributed by atoms with E-state index in [1.54, 1.807) is 12.4 Å². The van der Waals surface area contributed by atoms with E-state index < -0.39 is 0 Å². The first kappa shape index (κ1) is 14.0. The monoisotopic (exact) mass is 266 g/mol. The van der Waals surface area contributed by atoms with E-state index in [9.17, 15) is 0 Å². The number of hydrogen-bond acceptors (Lipinski definition) is 4. The standard InChI is InChI=1S/C16H18N4/c1-3-8-18-16-14(4-2)15(19-11-20-16)13-7-5-6-12(9-13)10-17/h5-7,9,11H,3-4,8H2,1-2H3,(H,18,19,20). The Balaban J connectivity index is 2.47. The Morgan fingerprint density at radius 1 is 1.25 bits per heavy atom. The summed E-state index contributed by atoms with van der Waals surface area (Å²) in [5.74, 6) is 0.890. The van der Waals surface area contributed by atoms with Crippen LogP contribution in [0, 0.1) is 11.3 Å². The van der Waals surface area contributed by atoms with E-state index in [1.807, 2.05) is 18.2 Å². The molecule has 0 spiro atoms. The van der Waals surface area contributed by atoms with Crippen molar-refractivity contribution in [1.82, 2.24) is 9.97 Å². The van der Waals surface area contributed by atoms with Crippen LogP contribution in [0.1, 0.15) is 31.4 Å². The fourth-order valence-corrected chi connectivity index (χ4v) is 2.13. The number of anilines is 1. The molecular weight excluding hydrogens is 248 g/mol. The van der Waals surface area contributed by atoms with Gasteiger partial charge in [-0.2, -0.15) is 5.26 Å². The molecule has 2 rings (SSSR count). The van der Waals surface area contributed by atoms with Crippen molar-refractivity contribution in [3.05, 3.63) is 41.7 Å². The summed E-state index contributed by atoms with van der Waals surface area (Å²) in [4.78, 5) is 8.73. The van der Waals surface area contributed by atoms with Crippen molar-refractivity contribution < 1.29 is 0 Å². The van der Waals surface area contributed by atoms with Crippen molar-refractivity contribution >= 4 is 5.82 Å². The van der Waals surface area contributed by atoms with Crippen molar-refractivity contribution in [1.29, 1.82) is 5.26 Å². The minimum Gasteiger partial charge on any atom is -0.370 e. The van der Waals surface area contributed by atoms with Gasteiger partial charge in [0.25, 0.3) is 0 Å². The minimum atomic E-state index is 0.645. The van der Waals surface area contributed by atoms with Crippen LogP contribution in [0.25, 0.3) is 11.3 Å². The van der Waals surface area contributed by atoms with Gasteiger partial charge in [-0.05, 0) is 25.0 Å². The second-order valence-corrected chi connectivity index (χ2v) is 4.52. The zero-order chi connectivity index (χ0) is 14.4. The van der Waals surface area contributed by atoms with E-state index in [0.717, 1.165) is 42.0 Å². The summed E-state index contributed by atoms with van der Waals surface area (Å²) < 4.78 is 0. The van der Waals surface area contributed by atoms with E-state index in [1.165, 1.54) is 0 Å². The lowest BCUT2D eigenvalue weighted by atomic mass is 10.0. The van der Waals surface area contributed by atoms with Crippen LogP contribution in [0.15, 0.2) is 30.6 Å². The van der Waals surface area contributed by atoms with Crippen LogP contribution in [-0.4, -0.2) is 16.5 Å². The molecule has 0 aliphatic rings. The first-order valence-electron chi connectivity index (χ1n) is 6.88. The van der Waals surface area contributed by atoms with Gasteiger partial charge >= 0.3 is 0 Å². The molecule has 0 unspecified atom stereocenters. The molecule has 1 heterocycles. The van der Waals surface area contributed by atoms with Gasteiger partial charge in [0.2, 0.25) is 0 Å². The number of nitrogens with zero attached hydrogens (tertiary/aromatic N) is 3. The van der Waals surface area contributed by atoms with Crippen molar-refractivity contribution in [2.24, 2.45) is 0 Å². The van der Waals surface area contributed by atoms with E-state index in [4.69, 9.17) is 5.26 Å². The third kappa shape index (κ3) is 2.94. The third-order valence-electron chi connectivity index (χ3n) is 3.11. The van der Waals surface area contributed by atoms with Gasteiger partial charge in [0.1, 0.15) is 12.1 Å². The number of hydrogen-bond donors (Lipinski definition) is 1. The fourth-order valence-electron chi connectivity index (χ4n) is 2.13. The maximum atomic E-state index is 9.01. The predicted molar refractivity (Wildman–Crippen MR) is 80.3 cm³/mol. The molecule has 0 saturated heterocycles. The highest BCUT2D eigenvalue weighted by molar-refractivity contribution is 5.69. The summed E-state index contributed by atoms with van der Waals surface area (Å²) in [6.45, 7) is 5.10. The number of aromatic nitrogens is 2. The zero-order valence-electron chi connectivity index (χ0n) is 11.8. The van der Waals surface area contributed by atoms with E-state index in [0.29, 0.717) is 5.56 Å². The molecule has 4 nitrogen and oxygen atoms in total. The summed E-state index contributed by atoms with van der Waals surface area (Å²) in [5, 5.41) is 12.3. The van der Waals surface area contributed by atoms with Crippen LogP contribution in [-0.2, 0) is 6.42 Å². The summed E-state index contributed by atoms with van der Waals surface area (Å²) >= 11 is 0. The Kier molecular flexibility index (Phi) is 4.67. The molecule has 0 atom stereocenters. The maximum Gasteiger partial charge on any atom is 0.133 e. The van der Waals surface area contributed by atoms with Gasteiger partial charge in [0, 0.05) is 17.7 Å². The lowest BCUT2D eigenvalue weighted by molar-refractivity contribution is 0.949. The molecule has 4 heteroatoms. The van der Waals surface area contributed by atoms with Crippen molar-refractivity contribution in [3.8, 4) is 17.3 Å². The molecule has 1 aromatic heterocycles. The molecule has 0 aliphatic heterocycles. The largest absolute Gasteiger partial charge is 0.370 e. The summed E-state index contributed by atoms with van der Waals surface area (Å²) in [7, 11) is 0. The van der Waals surface area contributed by atoms with Gasteiger partial charge in [-0.1, -0.05) is 26.0 Å². The maximum absolute atomic E-state index is 9.01. The normalized spacial score (nSPS) is 10.1. The van der Waals surface area contributed by atoms with Gasteiger partial charge in [0.15, 0.2) is 0 Å². The lowest BCUT2D eigenvalue weighted by Crippen LogP contribution is -2.07. The van der Waals surface area contributed by atoms with Crippen LogP contribution >= 0.6 is 0 Å². The van der Waals surface area contributed by atoms with Crippen LogP contribution in [0.4, 0.5) is 5.82 Å². The summed E-state index contributed by atoms with van der Waals surface area (Å²) in [5.41, 5.74) is 3.60. The average Bonchev–Trinajstić information content (AvgIpc) is 2.52. The summed E-state index contributed by atoms with van der Waals surface area (Å²) in [6.07, 6.45) is 3.47. The molecule has 102 valence electrons. The Morgan fingerprint density at radius 2 is 2.10 bits per heavy atom. The Morgan fingerprint density at radius 3 is 2.80 bits per heavy atom. The molecule has 20 heavy (non-hydrogen) atoms. The Bertz CT molecular complexity index is 629. The molecule has 0 saturated carbocycles. The van der Waals surface area contributed by atoms with Gasteiger partial charge in [-0.15, -0.1) is 0 Å². The number of rotatable bonds is 5. The Labute approximate surface area is 119 Å². The van der Waals surface area contributed by atoms with Crippen LogP contribution in [0.2, 0.25) is 0 Å². The zero-order valence-corrected chi connectivity index (χ0v) is 11.8. The number of nitrogens with one attached hydrogen (secondary N) is 1. The quantitative estimate of drug-likeness (QED) is 0.901. The van der Waals surface area contributed by atoms with Crippen LogP contribution in [0.3, 0.4) is 0 Å². The van der Waals surface area contributed by atoms with E-state index in [2.05, 4.69) is 35.2 Å². The average molecular weight is 266 g/mol. The fraction of sp³-hybridized carbons (Fsp3) is 0.312. The highest BCUT2D eigenvalue weighted by atomic mass is 15.0. The van der Waals surface area contributed by atoms with Crippen LogP contribution in [0.5, 0.6) is 0 Å². The minimum absolute atomic E-state index is 0.645. The third-order valence-corrected chi connectivity index (χ3v) is 3.11. The van der Waals surface area contributed by atoms with E-state index in [-0.39, 0.29) is 0 Å². The van der Waals surface area contributed by atoms with Gasteiger partial charge in [-0.3, -0.25) is 0 Å². The first-order valence-corrected chi connectivity index (χ1v) is 6.88. The first-order chi connectivity index (χ1) is 9.80. The topological polar surface area (TPSA) is 61.6 Å². The molecule has 1 N–H and O–H groups in total. The highest BCUT2D eigenvalue weighted by Gasteiger charge is 2.11. The smallest absolute Gasteiger partial charge is 0.133 e. The van der Waals surface area contributed by atoms with Gasteiger partial charge in [0.05, 0.1) is 17.3 Å². The second kappa shape index (κ2) is 6.67. The number of benzene rings is 1. The SMILES string of the molecule is CCCNc1ncnc(-c2cccc(C#N)c2)c1CC. The van der Waals surface area contributed by atoms with Crippen molar-refractivity contribution in [3.63, 3.8) is 0 Å². The molecule has 0 fully saturated rings. The molecular formula is C16H18N4. The summed E-state index contributed by atoms with van der Waals surface area (Å²) in [6, 6.07) is 9.69. The van der Waals surface area contributed by atoms with E-state index >= 15 is 0 Å². The van der Waals surface area contributed by atoms with Gasteiger partial charge in [-0.25, -0.2) is 9.97 Å². The molecule has 0 aliphatic carbocycles. The Hall–Kier alpha value is -2.41. The van der Waals surface area contributed by atoms with Gasteiger partial charge < -0.3 is 5.32 Å². The van der Waals surface area contributed by atoms with Crippen molar-refractivity contribution in [2.45, 2.75) is 26.7 Å². The molecule has 2 aromatic rings. The molecule has 1 aromatic carbocycles. The molecule has 0 radical (unpaired) electrons.